The van der Waals surface area contributed by atoms with Gasteiger partial charge in [0.25, 0.3) is 5.91 Å². The second-order valence-corrected chi connectivity index (χ2v) is 15.2. The summed E-state index contributed by atoms with van der Waals surface area (Å²) in [7, 11) is 9.21. The highest BCUT2D eigenvalue weighted by atomic mass is 16.6. The molecule has 0 aliphatic carbocycles. The first-order chi connectivity index (χ1) is 27.4. The number of benzene rings is 3. The molecule has 1 unspecified atom stereocenters. The van der Waals surface area contributed by atoms with Gasteiger partial charge in [0.1, 0.15) is 41.4 Å². The molecule has 0 aliphatic rings. The average molecular weight is 805 g/mol. The van der Waals surface area contributed by atoms with E-state index in [1.165, 1.54) is 55.3 Å². The molecule has 3 N–H and O–H groups in total. The van der Waals surface area contributed by atoms with Crippen LogP contribution in [0.15, 0.2) is 72.8 Å². The van der Waals surface area contributed by atoms with Crippen LogP contribution in [-0.2, 0) is 52.7 Å². The number of carbonyl (C=O) groups is 5. The van der Waals surface area contributed by atoms with Gasteiger partial charge in [-0.25, -0.2) is 4.79 Å². The Morgan fingerprint density at radius 2 is 1.09 bits per heavy atom. The second kappa shape index (κ2) is 21.8. The fourth-order valence-electron chi connectivity index (χ4n) is 6.43. The summed E-state index contributed by atoms with van der Waals surface area (Å²) in [6.45, 7) is 7.18. The van der Waals surface area contributed by atoms with Crippen molar-refractivity contribution in [2.24, 2.45) is 11.8 Å². The Labute approximate surface area is 342 Å². The molecule has 0 aromatic heterocycles. The van der Waals surface area contributed by atoms with Crippen LogP contribution in [0, 0.1) is 11.8 Å². The number of ether oxygens (including phenoxy) is 3. The van der Waals surface area contributed by atoms with Crippen LogP contribution in [0.4, 0.5) is 0 Å². The molecule has 0 spiro atoms. The Morgan fingerprint density at radius 3 is 1.52 bits per heavy atom. The summed E-state index contributed by atoms with van der Waals surface area (Å²) in [4.78, 5) is 74.2. The molecule has 0 heterocycles. The number of amides is 3. The molecule has 0 aliphatic heterocycles. The van der Waals surface area contributed by atoms with Crippen molar-refractivity contribution >= 4 is 29.7 Å². The summed E-state index contributed by atoms with van der Waals surface area (Å²) in [5.41, 5.74) is 2.15. The van der Waals surface area contributed by atoms with E-state index in [9.17, 15) is 34.2 Å². The highest BCUT2D eigenvalue weighted by Crippen LogP contribution is 2.22. The first-order valence-electron chi connectivity index (χ1n) is 19.4. The fourth-order valence-corrected chi connectivity index (χ4v) is 6.43. The number of nitrogens with one attached hydrogen (secondary N) is 1. The van der Waals surface area contributed by atoms with E-state index < -0.39 is 71.8 Å². The van der Waals surface area contributed by atoms with Crippen LogP contribution in [0.25, 0.3) is 0 Å². The number of carbonyl (C=O) groups excluding carboxylic acids is 5. The average Bonchev–Trinajstić information content (AvgIpc) is 3.21. The third-order valence-electron chi connectivity index (χ3n) is 10.5. The van der Waals surface area contributed by atoms with Crippen molar-refractivity contribution in [3.63, 3.8) is 0 Å². The number of hydrogen-bond donors (Lipinski definition) is 3. The van der Waals surface area contributed by atoms with Gasteiger partial charge < -0.3 is 39.5 Å². The molecule has 14 nitrogen and oxygen atoms in total. The molecule has 316 valence electrons. The van der Waals surface area contributed by atoms with Crippen molar-refractivity contribution in [1.82, 2.24) is 20.0 Å². The maximum Gasteiger partial charge on any atom is 0.328 e. The second-order valence-electron chi connectivity index (χ2n) is 15.2. The quantitative estimate of drug-likeness (QED) is 0.141. The SMILES string of the molecule is CCC(C)[C@@H](OC(=O)[C@H](Cc1ccc(OC)cc1)N(C)C)C(=O)N[C@H](C(=O)N(C)[C@H](Cc1ccc(O)cc1)C(=O)N(C)[C@H](Cc1ccc(O)cc1)C(=O)OC)C(C)C. The molecule has 0 fully saturated rings. The van der Waals surface area contributed by atoms with Crippen LogP contribution < -0.4 is 10.1 Å². The van der Waals surface area contributed by atoms with Gasteiger partial charge in [-0.2, -0.15) is 0 Å². The summed E-state index contributed by atoms with van der Waals surface area (Å²) in [6.07, 6.45) is -0.341. The first kappa shape index (κ1) is 46.8. The zero-order valence-corrected chi connectivity index (χ0v) is 35.3. The van der Waals surface area contributed by atoms with Gasteiger partial charge in [0.05, 0.1) is 14.2 Å². The summed E-state index contributed by atoms with van der Waals surface area (Å²) in [5, 5.41) is 22.6. The molecular weight excluding hydrogens is 745 g/mol. The summed E-state index contributed by atoms with van der Waals surface area (Å²) >= 11 is 0. The van der Waals surface area contributed by atoms with E-state index in [2.05, 4.69) is 5.32 Å². The summed E-state index contributed by atoms with van der Waals surface area (Å²) in [6, 6.07) is 15.6. The number of rotatable bonds is 20. The summed E-state index contributed by atoms with van der Waals surface area (Å²) < 4.78 is 16.3. The predicted molar refractivity (Wildman–Crippen MR) is 219 cm³/mol. The Morgan fingerprint density at radius 1 is 0.638 bits per heavy atom. The number of nitrogens with zero attached hydrogens (tertiary/aromatic N) is 3. The maximum absolute atomic E-state index is 14.5. The van der Waals surface area contributed by atoms with E-state index in [0.717, 1.165) is 5.56 Å². The zero-order chi connectivity index (χ0) is 43.3. The van der Waals surface area contributed by atoms with Crippen LogP contribution in [-0.4, -0.2) is 127 Å². The number of esters is 2. The number of phenols is 2. The number of phenolic OH excluding ortho intramolecular Hbond substituents is 2. The van der Waals surface area contributed by atoms with Crippen LogP contribution in [0.1, 0.15) is 50.8 Å². The fraction of sp³-hybridized carbons (Fsp3) is 0.477. The van der Waals surface area contributed by atoms with Crippen LogP contribution in [0.5, 0.6) is 17.2 Å². The van der Waals surface area contributed by atoms with Gasteiger partial charge in [-0.05, 0) is 85.9 Å². The van der Waals surface area contributed by atoms with Gasteiger partial charge in [-0.1, -0.05) is 64.1 Å². The van der Waals surface area contributed by atoms with E-state index in [1.54, 1.807) is 83.3 Å². The van der Waals surface area contributed by atoms with Gasteiger partial charge in [0, 0.05) is 32.9 Å². The van der Waals surface area contributed by atoms with Crippen LogP contribution in [0.3, 0.4) is 0 Å². The third kappa shape index (κ3) is 12.7. The van der Waals surface area contributed by atoms with Crippen molar-refractivity contribution in [2.45, 2.75) is 83.6 Å². The molecule has 3 aromatic carbocycles. The molecule has 3 rings (SSSR count). The lowest BCUT2D eigenvalue weighted by atomic mass is 9.96. The minimum Gasteiger partial charge on any atom is -0.508 e. The molecule has 3 aromatic rings. The Bertz CT molecular complexity index is 1820. The molecule has 3 amide bonds. The molecule has 0 saturated carbocycles. The lowest BCUT2D eigenvalue weighted by molar-refractivity contribution is -0.164. The largest absolute Gasteiger partial charge is 0.508 e. The minimum absolute atomic E-state index is 0.00475. The topological polar surface area (TPSA) is 175 Å². The van der Waals surface area contributed by atoms with Gasteiger partial charge in [0.2, 0.25) is 11.8 Å². The highest BCUT2D eigenvalue weighted by molar-refractivity contribution is 5.95. The van der Waals surface area contributed by atoms with Crippen molar-refractivity contribution in [3.8, 4) is 17.2 Å². The van der Waals surface area contributed by atoms with Gasteiger partial charge in [-0.3, -0.25) is 24.1 Å². The van der Waals surface area contributed by atoms with E-state index in [4.69, 9.17) is 14.2 Å². The van der Waals surface area contributed by atoms with E-state index in [-0.39, 0.29) is 24.3 Å². The number of hydrogen-bond acceptors (Lipinski definition) is 11. The van der Waals surface area contributed by atoms with Crippen molar-refractivity contribution in [3.05, 3.63) is 89.5 Å². The van der Waals surface area contributed by atoms with Gasteiger partial charge in [0.15, 0.2) is 6.10 Å². The smallest absolute Gasteiger partial charge is 0.328 e. The van der Waals surface area contributed by atoms with E-state index >= 15 is 0 Å². The Hall–Kier alpha value is -5.63. The lowest BCUT2D eigenvalue weighted by Crippen LogP contribution is -2.59. The van der Waals surface area contributed by atoms with Crippen LogP contribution >= 0.6 is 0 Å². The van der Waals surface area contributed by atoms with Crippen molar-refractivity contribution in [1.29, 1.82) is 0 Å². The number of likely N-dealkylation sites (N-methyl/N-ethyl adjacent to an activating group) is 3. The molecule has 0 bridgehead atoms. The summed E-state index contributed by atoms with van der Waals surface area (Å²) in [5.74, 6) is -3.22. The molecule has 0 saturated heterocycles. The van der Waals surface area contributed by atoms with Crippen LogP contribution in [0.2, 0.25) is 0 Å². The van der Waals surface area contributed by atoms with E-state index in [1.807, 2.05) is 19.1 Å². The molecule has 0 radical (unpaired) electrons. The van der Waals surface area contributed by atoms with Gasteiger partial charge >= 0.3 is 11.9 Å². The molecule has 6 atom stereocenters. The van der Waals surface area contributed by atoms with Crippen molar-refractivity contribution in [2.75, 3.05) is 42.4 Å². The molecule has 58 heavy (non-hydrogen) atoms. The van der Waals surface area contributed by atoms with Crippen molar-refractivity contribution < 1.29 is 48.4 Å². The van der Waals surface area contributed by atoms with E-state index in [0.29, 0.717) is 29.7 Å². The first-order valence-corrected chi connectivity index (χ1v) is 19.4. The maximum atomic E-state index is 14.5. The number of aromatic hydroxyl groups is 2. The normalized spacial score (nSPS) is 14.3. The monoisotopic (exact) mass is 804 g/mol. The lowest BCUT2D eigenvalue weighted by Gasteiger charge is -2.36. The third-order valence-corrected chi connectivity index (χ3v) is 10.5. The number of methoxy groups -OCH3 is 2. The Kier molecular flexibility index (Phi) is 17.5. The highest BCUT2D eigenvalue weighted by Gasteiger charge is 2.40. The predicted octanol–water partition coefficient (Wildman–Crippen LogP) is 3.99. The minimum atomic E-state index is -1.23. The molecular formula is C44H60N4O10. The standard InChI is InChI=1S/C44H60N4O10/c1-11-28(4)39(58-44(55)36(46(5)6)25-31-16-22-34(56-9)23-17-31)40(51)45-38(27(2)3)42(53)47(7)35(24-29-12-18-32(49)19-13-29)41(52)48(8)37(43(54)57-10)26-30-14-20-33(50)21-15-30/h12-23,27-28,35-39,49-50H,11,24-26H2,1-10H3,(H,45,51)/t28?,35-,36+,37-,38+,39-/m1/s1. The molecule has 14 heteroatoms. The Balaban J connectivity index is 1.92. The van der Waals surface area contributed by atoms with Gasteiger partial charge in [-0.15, -0.1) is 0 Å². The zero-order valence-electron chi connectivity index (χ0n) is 35.3.